The molecule has 7 nitrogen and oxygen atoms in total. The van der Waals surface area contributed by atoms with Crippen molar-refractivity contribution in [2.45, 2.75) is 13.5 Å². The number of nitrogens with two attached hydrogens (primary N) is 1. The van der Waals surface area contributed by atoms with E-state index in [-0.39, 0.29) is 18.4 Å². The number of carbonyl (C=O) groups is 2. The third-order valence-corrected chi connectivity index (χ3v) is 2.93. The summed E-state index contributed by atoms with van der Waals surface area (Å²) in [6.45, 7) is 3.05. The van der Waals surface area contributed by atoms with Crippen molar-refractivity contribution in [3.8, 4) is 5.75 Å². The number of nitrogens with zero attached hydrogens (tertiary/aromatic N) is 1. The second kappa shape index (κ2) is 6.25. The Balaban J connectivity index is 2.04. The van der Waals surface area contributed by atoms with Crippen LogP contribution in [0.15, 0.2) is 18.2 Å². The number of hydrogen-bond donors (Lipinski definition) is 3. The molecule has 108 valence electrons. The van der Waals surface area contributed by atoms with Crippen molar-refractivity contribution in [3.63, 3.8) is 0 Å². The minimum absolute atomic E-state index is 0.151. The highest BCUT2D eigenvalue weighted by Gasteiger charge is 2.20. The number of benzene rings is 1. The van der Waals surface area contributed by atoms with Gasteiger partial charge < -0.3 is 15.4 Å². The smallest absolute Gasteiger partial charge is 0.257 e. The molecule has 0 saturated carbocycles. The van der Waals surface area contributed by atoms with Gasteiger partial charge in [-0.2, -0.15) is 0 Å². The first-order chi connectivity index (χ1) is 9.60. The Kier molecular flexibility index (Phi) is 4.41. The molecule has 0 aromatic heterocycles. The largest absolute Gasteiger partial charge is 0.490 e. The maximum atomic E-state index is 11.7. The molecule has 2 amide bonds. The number of nitrogens with one attached hydrogen (secondary N) is 2. The molecule has 0 spiro atoms. The second-order valence-electron chi connectivity index (χ2n) is 4.51. The fourth-order valence-electron chi connectivity index (χ4n) is 1.98. The molecule has 4 N–H and O–H groups in total. The molecule has 0 fully saturated rings. The standard InChI is InChI=1S/C13H18N4O3/c1-9(18)15-16-13(19)8-17-4-5-20-12-6-10(7-14)2-3-11(12)17/h2-3,6H,4-5,7-8,14H2,1H3,(H,15,18)(H,16,19). The van der Waals surface area contributed by atoms with Crippen LogP contribution in [0, 0.1) is 0 Å². The molecule has 0 unspecified atom stereocenters. The van der Waals surface area contributed by atoms with Crippen molar-refractivity contribution in [3.05, 3.63) is 23.8 Å². The van der Waals surface area contributed by atoms with Gasteiger partial charge in [-0.1, -0.05) is 6.07 Å². The first kappa shape index (κ1) is 14.1. The van der Waals surface area contributed by atoms with E-state index in [1.54, 1.807) is 0 Å². The van der Waals surface area contributed by atoms with Gasteiger partial charge in [-0.05, 0) is 17.7 Å². The molecule has 0 radical (unpaired) electrons. The van der Waals surface area contributed by atoms with Gasteiger partial charge in [-0.15, -0.1) is 0 Å². The normalized spacial score (nSPS) is 13.2. The van der Waals surface area contributed by atoms with Crippen LogP contribution >= 0.6 is 0 Å². The Bertz CT molecular complexity index is 518. The van der Waals surface area contributed by atoms with Gasteiger partial charge >= 0.3 is 0 Å². The van der Waals surface area contributed by atoms with Crippen molar-refractivity contribution in [2.75, 3.05) is 24.6 Å². The van der Waals surface area contributed by atoms with E-state index >= 15 is 0 Å². The summed E-state index contributed by atoms with van der Waals surface area (Å²) in [7, 11) is 0. The Morgan fingerprint density at radius 3 is 2.90 bits per heavy atom. The zero-order valence-electron chi connectivity index (χ0n) is 11.3. The molecule has 1 aromatic rings. The zero-order chi connectivity index (χ0) is 14.5. The lowest BCUT2D eigenvalue weighted by Crippen LogP contribution is -2.47. The van der Waals surface area contributed by atoms with Crippen LogP contribution in [0.1, 0.15) is 12.5 Å². The second-order valence-corrected chi connectivity index (χ2v) is 4.51. The number of hydrogen-bond acceptors (Lipinski definition) is 5. The molecule has 1 heterocycles. The Morgan fingerprint density at radius 1 is 1.40 bits per heavy atom. The maximum Gasteiger partial charge on any atom is 0.257 e. The van der Waals surface area contributed by atoms with E-state index < -0.39 is 0 Å². The van der Waals surface area contributed by atoms with E-state index in [1.807, 2.05) is 23.1 Å². The molecule has 2 rings (SSSR count). The number of hydrazine groups is 1. The van der Waals surface area contributed by atoms with Crippen LogP contribution in [0.3, 0.4) is 0 Å². The van der Waals surface area contributed by atoms with Crippen LogP contribution in [-0.2, 0) is 16.1 Å². The van der Waals surface area contributed by atoms with Gasteiger partial charge in [-0.3, -0.25) is 20.4 Å². The highest BCUT2D eigenvalue weighted by Crippen LogP contribution is 2.32. The van der Waals surface area contributed by atoms with Crippen molar-refractivity contribution in [2.24, 2.45) is 5.73 Å². The average molecular weight is 278 g/mol. The molecular weight excluding hydrogens is 260 g/mol. The predicted molar refractivity (Wildman–Crippen MR) is 74.0 cm³/mol. The monoisotopic (exact) mass is 278 g/mol. The third kappa shape index (κ3) is 3.39. The first-order valence-corrected chi connectivity index (χ1v) is 6.36. The summed E-state index contributed by atoms with van der Waals surface area (Å²) in [5.41, 5.74) is 12.0. The van der Waals surface area contributed by atoms with E-state index in [2.05, 4.69) is 10.9 Å². The number of amides is 2. The van der Waals surface area contributed by atoms with Crippen LogP contribution in [0.25, 0.3) is 0 Å². The molecule has 0 aliphatic carbocycles. The summed E-state index contributed by atoms with van der Waals surface area (Å²) in [5, 5.41) is 0. The summed E-state index contributed by atoms with van der Waals surface area (Å²) in [4.78, 5) is 24.4. The third-order valence-electron chi connectivity index (χ3n) is 2.93. The van der Waals surface area contributed by atoms with Crippen LogP contribution in [-0.4, -0.2) is 31.5 Å². The number of ether oxygens (including phenoxy) is 1. The molecule has 0 saturated heterocycles. The Labute approximate surface area is 117 Å². The zero-order valence-corrected chi connectivity index (χ0v) is 11.3. The molecule has 1 aliphatic rings. The number of anilines is 1. The molecule has 20 heavy (non-hydrogen) atoms. The van der Waals surface area contributed by atoms with E-state index in [0.29, 0.717) is 19.7 Å². The Morgan fingerprint density at radius 2 is 2.20 bits per heavy atom. The number of carbonyl (C=O) groups excluding carboxylic acids is 2. The Hall–Kier alpha value is -2.28. The molecule has 0 atom stereocenters. The van der Waals surface area contributed by atoms with Gasteiger partial charge in [0.05, 0.1) is 18.8 Å². The van der Waals surface area contributed by atoms with E-state index in [1.165, 1.54) is 6.92 Å². The van der Waals surface area contributed by atoms with Crippen molar-refractivity contribution >= 4 is 17.5 Å². The summed E-state index contributed by atoms with van der Waals surface area (Å²) >= 11 is 0. The van der Waals surface area contributed by atoms with Crippen molar-refractivity contribution < 1.29 is 14.3 Å². The van der Waals surface area contributed by atoms with Gasteiger partial charge in [0.2, 0.25) is 5.91 Å². The quantitative estimate of drug-likeness (QED) is 0.648. The molecule has 1 aromatic carbocycles. The summed E-state index contributed by atoms with van der Waals surface area (Å²) in [6, 6.07) is 5.68. The fourth-order valence-corrected chi connectivity index (χ4v) is 1.98. The minimum Gasteiger partial charge on any atom is -0.490 e. The van der Waals surface area contributed by atoms with Gasteiger partial charge in [0.1, 0.15) is 12.4 Å². The topological polar surface area (TPSA) is 96.7 Å². The fraction of sp³-hybridized carbons (Fsp3) is 0.385. The van der Waals surface area contributed by atoms with Crippen LogP contribution in [0.5, 0.6) is 5.75 Å². The lowest BCUT2D eigenvalue weighted by atomic mass is 10.1. The van der Waals surface area contributed by atoms with Gasteiger partial charge in [0.25, 0.3) is 5.91 Å². The maximum absolute atomic E-state index is 11.7. The summed E-state index contributed by atoms with van der Waals surface area (Å²) < 4.78 is 5.58. The van der Waals surface area contributed by atoms with Crippen LogP contribution < -0.4 is 26.2 Å². The van der Waals surface area contributed by atoms with Gasteiger partial charge in [-0.25, -0.2) is 0 Å². The lowest BCUT2D eigenvalue weighted by molar-refractivity contribution is -0.127. The van der Waals surface area contributed by atoms with E-state index in [0.717, 1.165) is 17.0 Å². The number of fused-ring (bicyclic) bond motifs is 1. The summed E-state index contributed by atoms with van der Waals surface area (Å²) in [6.07, 6.45) is 0. The first-order valence-electron chi connectivity index (χ1n) is 6.36. The van der Waals surface area contributed by atoms with Crippen LogP contribution in [0.2, 0.25) is 0 Å². The molecule has 0 bridgehead atoms. The lowest BCUT2D eigenvalue weighted by Gasteiger charge is -2.31. The highest BCUT2D eigenvalue weighted by molar-refractivity contribution is 5.84. The van der Waals surface area contributed by atoms with Gasteiger partial charge in [0.15, 0.2) is 0 Å². The van der Waals surface area contributed by atoms with E-state index in [9.17, 15) is 9.59 Å². The summed E-state index contributed by atoms with van der Waals surface area (Å²) in [5.74, 6) is 0.135. The number of rotatable bonds is 3. The van der Waals surface area contributed by atoms with Crippen molar-refractivity contribution in [1.82, 2.24) is 10.9 Å². The SMILES string of the molecule is CC(=O)NNC(=O)CN1CCOc2cc(CN)ccc21. The van der Waals surface area contributed by atoms with Crippen LogP contribution in [0.4, 0.5) is 5.69 Å². The van der Waals surface area contributed by atoms with E-state index in [4.69, 9.17) is 10.5 Å². The van der Waals surface area contributed by atoms with Gasteiger partial charge in [0, 0.05) is 13.5 Å². The molecular formula is C13H18N4O3. The molecule has 1 aliphatic heterocycles. The highest BCUT2D eigenvalue weighted by atomic mass is 16.5. The predicted octanol–water partition coefficient (Wildman–Crippen LogP) is -0.489. The average Bonchev–Trinajstić information content (AvgIpc) is 2.45. The minimum atomic E-state index is -0.312. The van der Waals surface area contributed by atoms with Crippen molar-refractivity contribution in [1.29, 1.82) is 0 Å². The molecule has 7 heteroatoms.